The van der Waals surface area contributed by atoms with E-state index in [-0.39, 0.29) is 96.7 Å². The minimum Gasteiger partial charge on any atom is -0.508 e. The second kappa shape index (κ2) is 24.6. The van der Waals surface area contributed by atoms with E-state index in [1.807, 2.05) is 114 Å². The number of fused-ring (bicyclic) bond motifs is 4. The number of aromatic hydroxyl groups is 1. The molecule has 5 saturated heterocycles. The number of phenolic OH excluding ortho intramolecular Hbond substituents is 1. The minimum absolute atomic E-state index is 0.000876. The predicted octanol–water partition coefficient (Wildman–Crippen LogP) is 9.59. The number of aryl methyl sites for hydroxylation is 2. The monoisotopic (exact) mass is 1210 g/mol. The van der Waals surface area contributed by atoms with Gasteiger partial charge in [-0.2, -0.15) is 9.97 Å². The summed E-state index contributed by atoms with van der Waals surface area (Å²) in [5, 5.41) is 31.2. The number of rotatable bonds is 17. The standard InChI is InChI=1S/C65H78FN11O9S/c1-9-39-11-10-12-42-25-45(78)26-49(55(39)42)57-56(66)58-50(29-67-57)60(75-30-43-17-18-44(31-75)77(43)64(82)85-65(6,7)8)71-63(70-58)83-24-23-73-21-19-47(20-22-73)84-48-33-74(34-48)53-28-52(86-72-53)54(36(2)3)62(81)76-32-46(79)27-51(76)61(80)69-37(4)40-13-15-41(16-14-40)59-38(5)68-35-87-59/h10-16,25-26,28-29,35-37,43-44,46-48,51,54,78-79H,9,17-24,27,30-34H2,1-8H3,(H,69,80)/t37?,43?,44?,46-,51+,54?/m1/s1. The SMILES string of the molecule is CCc1cccc2cc(O)cc(-c3ncc4c(N5CC6CCC(C5)N6C(=O)OC(C)(C)C)nc(OCCN5CCC(OC6CN(c7cc(C(C(=O)N8C[C@H](O)C[C@H]8C(=O)NC(C)c8ccc(-c9scnc9C)cc8)C(C)C)on7)C6)CC5)nc4c3F)c12. The zero-order chi connectivity index (χ0) is 61.0. The maximum Gasteiger partial charge on any atom is 0.410 e. The van der Waals surface area contributed by atoms with Crippen LogP contribution in [0, 0.1) is 18.7 Å². The van der Waals surface area contributed by atoms with Crippen molar-refractivity contribution in [2.24, 2.45) is 5.92 Å². The van der Waals surface area contributed by atoms with Crippen LogP contribution < -0.4 is 19.9 Å². The Balaban J connectivity index is 0.656. The molecule has 5 aliphatic rings. The van der Waals surface area contributed by atoms with E-state index in [0.717, 1.165) is 76.8 Å². The summed E-state index contributed by atoms with van der Waals surface area (Å²) < 4.78 is 42.1. The van der Waals surface area contributed by atoms with Gasteiger partial charge >= 0.3 is 12.1 Å². The Morgan fingerprint density at radius 1 is 0.908 bits per heavy atom. The van der Waals surface area contributed by atoms with Crippen molar-refractivity contribution in [1.82, 2.24) is 45.1 Å². The highest BCUT2D eigenvalue weighted by Crippen LogP contribution is 2.42. The molecule has 6 atom stereocenters. The van der Waals surface area contributed by atoms with E-state index in [0.29, 0.717) is 67.5 Å². The van der Waals surface area contributed by atoms with E-state index < -0.39 is 29.5 Å². The number of ether oxygens (including phenoxy) is 3. The Bertz CT molecular complexity index is 3660. The van der Waals surface area contributed by atoms with Gasteiger partial charge in [-0.25, -0.2) is 14.2 Å². The molecule has 3 amide bonds. The van der Waals surface area contributed by atoms with E-state index in [4.69, 9.17) is 33.7 Å². The van der Waals surface area contributed by atoms with E-state index in [2.05, 4.69) is 30.2 Å². The van der Waals surface area contributed by atoms with Crippen LogP contribution in [-0.2, 0) is 25.5 Å². The number of nitrogens with one attached hydrogen (secondary N) is 1. The van der Waals surface area contributed by atoms with E-state index in [1.165, 1.54) is 4.90 Å². The average molecular weight is 1210 g/mol. The van der Waals surface area contributed by atoms with Gasteiger partial charge in [-0.05, 0) is 112 Å². The number of aliphatic hydroxyl groups excluding tert-OH is 1. The summed E-state index contributed by atoms with van der Waals surface area (Å²) in [4.78, 5) is 71.4. The highest BCUT2D eigenvalue weighted by Gasteiger charge is 2.47. The summed E-state index contributed by atoms with van der Waals surface area (Å²) in [5.74, 6) is -0.646. The molecule has 0 radical (unpaired) electrons. The number of piperidine rings is 1. The fourth-order valence-corrected chi connectivity index (χ4v) is 14.2. The fraction of sp³-hybridized carbons (Fsp3) is 0.508. The molecule has 12 rings (SSSR count). The number of carbonyl (C=O) groups excluding carboxylic acids is 3. The third-order valence-electron chi connectivity index (χ3n) is 17.8. The highest BCUT2D eigenvalue weighted by atomic mass is 32.1. The Morgan fingerprint density at radius 3 is 2.34 bits per heavy atom. The lowest BCUT2D eigenvalue weighted by Gasteiger charge is -2.42. The minimum atomic E-state index is -0.844. The van der Waals surface area contributed by atoms with Crippen molar-refractivity contribution in [1.29, 1.82) is 0 Å². The Labute approximate surface area is 510 Å². The van der Waals surface area contributed by atoms with E-state index in [1.54, 1.807) is 29.7 Å². The molecule has 20 nitrogen and oxygen atoms in total. The number of piperazine rings is 1. The zero-order valence-electron chi connectivity index (χ0n) is 50.7. The first-order valence-electron chi connectivity index (χ1n) is 30.7. The largest absolute Gasteiger partial charge is 0.508 e. The van der Waals surface area contributed by atoms with Gasteiger partial charge in [0.15, 0.2) is 17.4 Å². The van der Waals surface area contributed by atoms with Crippen LogP contribution in [0.4, 0.5) is 20.8 Å². The van der Waals surface area contributed by atoms with E-state index >= 15 is 4.39 Å². The molecule has 87 heavy (non-hydrogen) atoms. The number of thiazole rings is 1. The van der Waals surface area contributed by atoms with Crippen molar-refractivity contribution in [2.45, 2.75) is 148 Å². The van der Waals surface area contributed by atoms with Gasteiger partial charge < -0.3 is 49.0 Å². The van der Waals surface area contributed by atoms with Crippen molar-refractivity contribution in [3.05, 3.63) is 101 Å². The molecule has 460 valence electrons. The Kier molecular flexibility index (Phi) is 16.9. The highest BCUT2D eigenvalue weighted by molar-refractivity contribution is 7.13. The number of amides is 3. The summed E-state index contributed by atoms with van der Waals surface area (Å²) >= 11 is 1.59. The summed E-state index contributed by atoms with van der Waals surface area (Å²) in [6.07, 6.45) is 4.57. The van der Waals surface area contributed by atoms with Crippen LogP contribution in [-0.4, -0.2) is 169 Å². The number of benzene rings is 3. The number of β-amino-alcohol motifs (C(OH)–C–C–N with tert-alkyl or cyclic N) is 1. The van der Waals surface area contributed by atoms with Gasteiger partial charge in [-0.15, -0.1) is 11.3 Å². The number of phenols is 1. The number of halogens is 1. The number of pyridine rings is 1. The second-order valence-electron chi connectivity index (χ2n) is 25.4. The summed E-state index contributed by atoms with van der Waals surface area (Å²) in [6.45, 7) is 20.0. The van der Waals surface area contributed by atoms with E-state index in [9.17, 15) is 24.6 Å². The van der Waals surface area contributed by atoms with Crippen LogP contribution in [0.2, 0.25) is 0 Å². The molecule has 4 aromatic heterocycles. The van der Waals surface area contributed by atoms with Crippen molar-refractivity contribution in [3.63, 3.8) is 0 Å². The molecule has 0 aliphatic carbocycles. The number of aromatic nitrogens is 5. The number of likely N-dealkylation sites (tertiary alicyclic amines) is 2. The molecule has 0 spiro atoms. The molecular formula is C65H78FN11O9S. The van der Waals surface area contributed by atoms with Crippen LogP contribution in [0.25, 0.3) is 43.4 Å². The summed E-state index contributed by atoms with van der Waals surface area (Å²) in [5.41, 5.74) is 5.73. The number of anilines is 2. The molecule has 9 heterocycles. The maximum absolute atomic E-state index is 17.4. The van der Waals surface area contributed by atoms with Gasteiger partial charge in [-0.1, -0.05) is 68.4 Å². The van der Waals surface area contributed by atoms with Gasteiger partial charge in [0.25, 0.3) is 0 Å². The molecule has 3 aromatic carbocycles. The van der Waals surface area contributed by atoms with Gasteiger partial charge in [0.1, 0.15) is 46.9 Å². The first-order chi connectivity index (χ1) is 41.8. The second-order valence-corrected chi connectivity index (χ2v) is 26.3. The number of carbonyl (C=O) groups is 3. The topological polar surface area (TPSA) is 225 Å². The molecule has 4 unspecified atom stereocenters. The molecule has 5 fully saturated rings. The van der Waals surface area contributed by atoms with Crippen molar-refractivity contribution >= 4 is 62.6 Å². The molecule has 3 N–H and O–H groups in total. The molecule has 22 heteroatoms. The van der Waals surface area contributed by atoms with Crippen LogP contribution >= 0.6 is 11.3 Å². The number of nitrogens with zero attached hydrogens (tertiary/aromatic N) is 10. The van der Waals surface area contributed by atoms with Crippen molar-refractivity contribution < 1.29 is 47.7 Å². The van der Waals surface area contributed by atoms with Crippen molar-refractivity contribution in [3.8, 4) is 33.5 Å². The third kappa shape index (κ3) is 12.4. The first-order valence-corrected chi connectivity index (χ1v) is 31.5. The fourth-order valence-electron chi connectivity index (χ4n) is 13.4. The lowest BCUT2D eigenvalue weighted by atomic mass is 9.91. The Hall–Kier alpha value is -7.53. The number of aliphatic hydroxyl groups is 1. The van der Waals surface area contributed by atoms with Crippen LogP contribution in [0.5, 0.6) is 11.8 Å². The van der Waals surface area contributed by atoms with Crippen LogP contribution in [0.1, 0.15) is 115 Å². The number of hydrogen-bond acceptors (Lipinski definition) is 18. The predicted molar refractivity (Wildman–Crippen MR) is 329 cm³/mol. The van der Waals surface area contributed by atoms with Crippen molar-refractivity contribution in [2.75, 3.05) is 68.8 Å². The van der Waals surface area contributed by atoms with Gasteiger partial charge in [0.2, 0.25) is 11.8 Å². The first kappa shape index (κ1) is 59.8. The summed E-state index contributed by atoms with van der Waals surface area (Å²) in [6, 6.07) is 17.5. The normalized spacial score (nSPS) is 21.0. The maximum atomic E-state index is 17.4. The summed E-state index contributed by atoms with van der Waals surface area (Å²) in [7, 11) is 0. The average Bonchev–Trinajstić information content (AvgIpc) is 1.93. The number of hydrogen-bond donors (Lipinski definition) is 3. The van der Waals surface area contributed by atoms with Gasteiger partial charge in [0.05, 0.1) is 57.9 Å². The van der Waals surface area contributed by atoms with Gasteiger partial charge in [0, 0.05) is 76.6 Å². The van der Waals surface area contributed by atoms with Crippen LogP contribution in [0.15, 0.2) is 76.9 Å². The molecule has 0 saturated carbocycles. The molecule has 5 aliphatic heterocycles. The Morgan fingerprint density at radius 2 is 1.66 bits per heavy atom. The van der Waals surface area contributed by atoms with Gasteiger partial charge in [-0.3, -0.25) is 24.4 Å². The smallest absolute Gasteiger partial charge is 0.410 e. The quantitative estimate of drug-likeness (QED) is 0.0771. The van der Waals surface area contributed by atoms with Crippen LogP contribution in [0.3, 0.4) is 0 Å². The molecule has 7 aromatic rings. The molecular weight excluding hydrogens is 1130 g/mol. The zero-order valence-corrected chi connectivity index (χ0v) is 51.6. The molecule has 2 bridgehead atoms. The third-order valence-corrected chi connectivity index (χ3v) is 18.8. The lowest BCUT2D eigenvalue weighted by Crippen LogP contribution is -2.57. The lowest BCUT2D eigenvalue weighted by molar-refractivity contribution is -0.141.